The molecular formula is C34H32N6O3. The molecule has 9 heteroatoms. The lowest BCUT2D eigenvalue weighted by Crippen LogP contribution is -2.45. The summed E-state index contributed by atoms with van der Waals surface area (Å²) in [6.07, 6.45) is 4.98. The number of carbonyl (C=O) groups is 3. The van der Waals surface area contributed by atoms with Gasteiger partial charge >= 0.3 is 0 Å². The minimum atomic E-state index is -0.975. The van der Waals surface area contributed by atoms with E-state index in [-0.39, 0.29) is 24.4 Å². The van der Waals surface area contributed by atoms with E-state index in [1.54, 1.807) is 5.01 Å². The highest BCUT2D eigenvalue weighted by Gasteiger charge is 2.56. The maximum Gasteiger partial charge on any atom is 0.264 e. The first kappa shape index (κ1) is 26.9. The molecule has 0 bridgehead atoms. The predicted octanol–water partition coefficient (Wildman–Crippen LogP) is 5.42. The van der Waals surface area contributed by atoms with Crippen LogP contribution in [0.15, 0.2) is 99.9 Å². The van der Waals surface area contributed by atoms with Crippen molar-refractivity contribution in [2.75, 3.05) is 11.4 Å². The maximum atomic E-state index is 14.1. The van der Waals surface area contributed by atoms with Gasteiger partial charge in [-0.2, -0.15) is 10.2 Å². The quantitative estimate of drug-likeness (QED) is 0.381. The highest BCUT2D eigenvalue weighted by Crippen LogP contribution is 2.45. The first-order valence-electron chi connectivity index (χ1n) is 14.8. The van der Waals surface area contributed by atoms with Crippen molar-refractivity contribution in [3.05, 3.63) is 107 Å². The van der Waals surface area contributed by atoms with Gasteiger partial charge in [-0.25, -0.2) is 9.91 Å². The van der Waals surface area contributed by atoms with Crippen LogP contribution in [-0.4, -0.2) is 52.1 Å². The van der Waals surface area contributed by atoms with Gasteiger partial charge in [-0.1, -0.05) is 84.1 Å². The number of hydrogen-bond acceptors (Lipinski definition) is 7. The fourth-order valence-corrected chi connectivity index (χ4v) is 6.88. The van der Waals surface area contributed by atoms with Crippen molar-refractivity contribution < 1.29 is 14.4 Å². The molecule has 3 aromatic rings. The molecule has 3 amide bonds. The van der Waals surface area contributed by atoms with Crippen LogP contribution in [0.25, 0.3) is 6.08 Å². The van der Waals surface area contributed by atoms with E-state index in [2.05, 4.69) is 28.5 Å². The number of para-hydroxylation sites is 1. The van der Waals surface area contributed by atoms with Gasteiger partial charge in [0.25, 0.3) is 17.7 Å². The van der Waals surface area contributed by atoms with E-state index in [1.165, 1.54) is 9.91 Å². The Balaban J connectivity index is 1.19. The standard InChI is InChI=1S/C34H32N6O3/c1-21-11-9-12-22(2)30(21)39-33(42)29-32(34(39)43)38(37-35-29)20-27(41)40-31(24-15-7-4-8-16-24)26-18-10-17-25(28(26)36-40)19-23-13-5-3-6-14-23/h3-9,11-16,19,26,29,31-32H,10,17-18,20H2,1-2H3/b25-19+/t26-,29+,31-,32-/m0/s1. The van der Waals surface area contributed by atoms with E-state index >= 15 is 0 Å². The zero-order chi connectivity index (χ0) is 29.7. The van der Waals surface area contributed by atoms with Gasteiger partial charge in [0.1, 0.15) is 6.54 Å². The van der Waals surface area contributed by atoms with Crippen molar-refractivity contribution in [2.45, 2.75) is 51.2 Å². The molecule has 3 heterocycles. The zero-order valence-corrected chi connectivity index (χ0v) is 24.1. The number of hydrogen-bond donors (Lipinski definition) is 0. The number of amides is 3. The van der Waals surface area contributed by atoms with Crippen molar-refractivity contribution >= 4 is 35.2 Å². The number of nitrogens with zero attached hydrogens (tertiary/aromatic N) is 6. The molecule has 4 atom stereocenters. The summed E-state index contributed by atoms with van der Waals surface area (Å²) in [6.45, 7) is 3.53. The summed E-state index contributed by atoms with van der Waals surface area (Å²) in [5.74, 6) is -1.08. The molecule has 3 aliphatic heterocycles. The third kappa shape index (κ3) is 4.56. The highest BCUT2D eigenvalue weighted by atomic mass is 16.2. The Morgan fingerprint density at radius 2 is 1.58 bits per heavy atom. The summed E-state index contributed by atoms with van der Waals surface area (Å²) in [5.41, 5.74) is 6.40. The fourth-order valence-electron chi connectivity index (χ4n) is 6.88. The minimum absolute atomic E-state index is 0.0530. The third-order valence-electron chi connectivity index (χ3n) is 8.86. The van der Waals surface area contributed by atoms with Crippen LogP contribution >= 0.6 is 0 Å². The normalized spacial score (nSPS) is 25.4. The molecule has 43 heavy (non-hydrogen) atoms. The van der Waals surface area contributed by atoms with Gasteiger partial charge in [0.2, 0.25) is 0 Å². The Morgan fingerprint density at radius 1 is 0.884 bits per heavy atom. The summed E-state index contributed by atoms with van der Waals surface area (Å²) >= 11 is 0. The van der Waals surface area contributed by atoms with Crippen molar-refractivity contribution in [3.63, 3.8) is 0 Å². The number of aryl methyl sites for hydroxylation is 2. The van der Waals surface area contributed by atoms with Gasteiger partial charge in [-0.15, -0.1) is 0 Å². The van der Waals surface area contributed by atoms with Crippen LogP contribution in [0, 0.1) is 19.8 Å². The maximum absolute atomic E-state index is 14.1. The molecule has 0 aromatic heterocycles. The van der Waals surface area contributed by atoms with Gasteiger partial charge in [-0.3, -0.25) is 19.4 Å². The van der Waals surface area contributed by atoms with Crippen molar-refractivity contribution in [2.24, 2.45) is 21.4 Å². The Morgan fingerprint density at radius 3 is 2.30 bits per heavy atom. The molecule has 1 saturated heterocycles. The van der Waals surface area contributed by atoms with Crippen LogP contribution in [-0.2, 0) is 14.4 Å². The number of allylic oxidation sites excluding steroid dienone is 1. The molecule has 7 rings (SSSR count). The first-order valence-corrected chi connectivity index (χ1v) is 14.8. The molecule has 1 saturated carbocycles. The van der Waals surface area contributed by atoms with Crippen LogP contribution in [0.5, 0.6) is 0 Å². The van der Waals surface area contributed by atoms with Gasteiger partial charge < -0.3 is 0 Å². The molecule has 3 aromatic carbocycles. The molecule has 0 spiro atoms. The van der Waals surface area contributed by atoms with E-state index in [1.807, 2.05) is 80.6 Å². The number of rotatable bonds is 5. The first-order chi connectivity index (χ1) is 20.9. The molecule has 216 valence electrons. The highest BCUT2D eigenvalue weighted by molar-refractivity contribution is 6.26. The van der Waals surface area contributed by atoms with Gasteiger partial charge in [0.15, 0.2) is 12.1 Å². The Bertz CT molecular complexity index is 1680. The largest absolute Gasteiger partial charge is 0.271 e. The third-order valence-corrected chi connectivity index (χ3v) is 8.86. The number of hydrazone groups is 1. The van der Waals surface area contributed by atoms with Crippen molar-refractivity contribution in [3.8, 4) is 0 Å². The molecule has 9 nitrogen and oxygen atoms in total. The molecule has 0 radical (unpaired) electrons. The lowest BCUT2D eigenvalue weighted by atomic mass is 9.77. The van der Waals surface area contributed by atoms with Crippen molar-refractivity contribution in [1.29, 1.82) is 0 Å². The van der Waals surface area contributed by atoms with Crippen LogP contribution in [0.2, 0.25) is 0 Å². The van der Waals surface area contributed by atoms with E-state index < -0.39 is 23.9 Å². The number of carbonyl (C=O) groups excluding carboxylic acids is 3. The number of benzene rings is 3. The molecule has 0 N–H and O–H groups in total. The average molecular weight is 573 g/mol. The molecule has 2 fully saturated rings. The topological polar surface area (TPSA) is 98.0 Å². The fraction of sp³-hybridized carbons (Fsp3) is 0.294. The summed E-state index contributed by atoms with van der Waals surface area (Å²) < 4.78 is 0. The molecule has 1 aliphatic carbocycles. The van der Waals surface area contributed by atoms with Gasteiger partial charge in [-0.05, 0) is 67.0 Å². The SMILES string of the molecule is Cc1cccc(C)c1N1C(=O)[C@@H]2[C@@H](N=NN2CC(=O)N2N=C3/C(=C/c4ccccc4)CCC[C@@H]3[C@@H]2c2ccccc2)C1=O. The molecular weight excluding hydrogens is 540 g/mol. The van der Waals surface area contributed by atoms with Crippen LogP contribution in [0.3, 0.4) is 0 Å². The molecule has 4 aliphatic rings. The van der Waals surface area contributed by atoms with E-state index in [0.29, 0.717) is 5.69 Å². The van der Waals surface area contributed by atoms with Crippen molar-refractivity contribution in [1.82, 2.24) is 10.0 Å². The molecule has 0 unspecified atom stereocenters. The lowest BCUT2D eigenvalue weighted by molar-refractivity contribution is -0.136. The monoisotopic (exact) mass is 572 g/mol. The van der Waals surface area contributed by atoms with E-state index in [9.17, 15) is 14.4 Å². The van der Waals surface area contributed by atoms with E-state index in [4.69, 9.17) is 5.10 Å². The van der Waals surface area contributed by atoms with E-state index in [0.717, 1.165) is 52.8 Å². The summed E-state index contributed by atoms with van der Waals surface area (Å²) in [4.78, 5) is 42.4. The zero-order valence-electron chi connectivity index (χ0n) is 24.1. The Hall–Kier alpha value is -4.92. The van der Waals surface area contributed by atoms with Crippen LogP contribution in [0.4, 0.5) is 5.69 Å². The average Bonchev–Trinajstić information content (AvgIpc) is 3.68. The Kier molecular flexibility index (Phi) is 6.72. The summed E-state index contributed by atoms with van der Waals surface area (Å²) in [5, 5.41) is 16.2. The number of anilines is 1. The minimum Gasteiger partial charge on any atom is -0.271 e. The van der Waals surface area contributed by atoms with Crippen LogP contribution in [0.1, 0.15) is 47.6 Å². The second-order valence-electron chi connectivity index (χ2n) is 11.6. The number of imide groups is 1. The van der Waals surface area contributed by atoms with Crippen LogP contribution < -0.4 is 4.90 Å². The smallest absolute Gasteiger partial charge is 0.264 e. The second kappa shape index (κ2) is 10.7. The lowest BCUT2D eigenvalue weighted by Gasteiger charge is -2.30. The summed E-state index contributed by atoms with van der Waals surface area (Å²) in [6, 6.07) is 23.6. The summed E-state index contributed by atoms with van der Waals surface area (Å²) in [7, 11) is 0. The Labute approximate surface area is 250 Å². The second-order valence-corrected chi connectivity index (χ2v) is 11.6. The number of fused-ring (bicyclic) bond motifs is 2. The van der Waals surface area contributed by atoms with Gasteiger partial charge in [0.05, 0.1) is 17.4 Å². The van der Waals surface area contributed by atoms with Gasteiger partial charge in [0, 0.05) is 5.92 Å². The predicted molar refractivity (Wildman–Crippen MR) is 163 cm³/mol.